The molecule has 0 saturated heterocycles. The number of fused-ring (bicyclic) bond motifs is 1. The number of esters is 1. The molecule has 0 aliphatic carbocycles. The van der Waals surface area contributed by atoms with Crippen molar-refractivity contribution < 1.29 is 14.1 Å². The third-order valence-electron chi connectivity index (χ3n) is 1.60. The second kappa shape index (κ2) is 3.22. The van der Waals surface area contributed by atoms with Crippen LogP contribution >= 0.6 is 11.6 Å². The Morgan fingerprint density at radius 2 is 2.36 bits per heavy atom. The summed E-state index contributed by atoms with van der Waals surface area (Å²) in [5.41, 5.74) is 0.227. The van der Waals surface area contributed by atoms with Crippen LogP contribution in [0.2, 0.25) is 5.15 Å². The fourth-order valence-corrected chi connectivity index (χ4v) is 1.20. The van der Waals surface area contributed by atoms with E-state index in [2.05, 4.69) is 19.9 Å². The van der Waals surface area contributed by atoms with Gasteiger partial charge in [0.1, 0.15) is 16.9 Å². The van der Waals surface area contributed by atoms with E-state index in [0.29, 0.717) is 0 Å². The van der Waals surface area contributed by atoms with Gasteiger partial charge in [-0.25, -0.2) is 14.8 Å². The molecule has 0 fully saturated rings. The third-order valence-corrected chi connectivity index (χ3v) is 1.89. The van der Waals surface area contributed by atoms with Crippen molar-refractivity contribution in [3.05, 3.63) is 17.2 Å². The van der Waals surface area contributed by atoms with Gasteiger partial charge in [0, 0.05) is 0 Å². The number of carbonyl (C=O) groups excluding carboxylic acids is 1. The molecule has 0 amide bonds. The van der Waals surface area contributed by atoms with Gasteiger partial charge in [-0.15, -0.1) is 0 Å². The summed E-state index contributed by atoms with van der Waals surface area (Å²) >= 11 is 5.75. The van der Waals surface area contributed by atoms with Crippen LogP contribution in [-0.2, 0) is 4.74 Å². The van der Waals surface area contributed by atoms with Crippen molar-refractivity contribution in [2.75, 3.05) is 7.11 Å². The highest BCUT2D eigenvalue weighted by molar-refractivity contribution is 6.34. The third kappa shape index (κ3) is 1.20. The molecule has 0 spiro atoms. The van der Waals surface area contributed by atoms with Crippen LogP contribution in [-0.4, -0.2) is 28.2 Å². The monoisotopic (exact) mass is 213 g/mol. The quantitative estimate of drug-likeness (QED) is 0.521. The first-order chi connectivity index (χ1) is 6.74. The Morgan fingerprint density at radius 3 is 3.07 bits per heavy atom. The Bertz CT molecular complexity index is 496. The molecule has 14 heavy (non-hydrogen) atoms. The Morgan fingerprint density at radius 1 is 1.57 bits per heavy atom. The molecule has 0 aromatic carbocycles. The van der Waals surface area contributed by atoms with Gasteiger partial charge in [-0.1, -0.05) is 16.8 Å². The van der Waals surface area contributed by atoms with E-state index in [1.54, 1.807) is 0 Å². The van der Waals surface area contributed by atoms with E-state index in [-0.39, 0.29) is 21.9 Å². The number of ether oxygens (including phenoxy) is 1. The zero-order valence-electron chi connectivity index (χ0n) is 7.02. The minimum absolute atomic E-state index is 0.0897. The average Bonchev–Trinajstić information content (AvgIpc) is 2.62. The van der Waals surface area contributed by atoms with E-state index in [9.17, 15) is 4.79 Å². The summed E-state index contributed by atoms with van der Waals surface area (Å²) in [7, 11) is 1.23. The van der Waals surface area contributed by atoms with Crippen LogP contribution in [0.5, 0.6) is 0 Å². The van der Waals surface area contributed by atoms with E-state index >= 15 is 0 Å². The van der Waals surface area contributed by atoms with Crippen molar-refractivity contribution in [3.63, 3.8) is 0 Å². The Balaban J connectivity index is 2.73. The summed E-state index contributed by atoms with van der Waals surface area (Å²) in [6, 6.07) is 0. The maximum absolute atomic E-state index is 11.2. The topological polar surface area (TPSA) is 78.1 Å². The zero-order chi connectivity index (χ0) is 10.1. The van der Waals surface area contributed by atoms with Crippen LogP contribution in [0.3, 0.4) is 0 Å². The first kappa shape index (κ1) is 8.89. The molecule has 0 aliphatic heterocycles. The highest BCUT2D eigenvalue weighted by Crippen LogP contribution is 2.23. The summed E-state index contributed by atoms with van der Waals surface area (Å²) in [6.07, 6.45) is 1.23. The van der Waals surface area contributed by atoms with Crippen molar-refractivity contribution in [1.29, 1.82) is 0 Å². The molecule has 2 heterocycles. The number of carbonyl (C=O) groups is 1. The molecule has 72 valence electrons. The molecule has 0 N–H and O–H groups in total. The van der Waals surface area contributed by atoms with E-state index in [1.165, 1.54) is 13.4 Å². The molecule has 0 bridgehead atoms. The zero-order valence-corrected chi connectivity index (χ0v) is 7.78. The highest BCUT2D eigenvalue weighted by atomic mass is 35.5. The van der Waals surface area contributed by atoms with Crippen molar-refractivity contribution in [2.24, 2.45) is 0 Å². The minimum atomic E-state index is -0.663. The predicted octanol–water partition coefficient (Wildman–Crippen LogP) is 1.06. The van der Waals surface area contributed by atoms with Gasteiger partial charge in [-0.05, 0) is 0 Å². The molecule has 0 radical (unpaired) electrons. The summed E-state index contributed by atoms with van der Waals surface area (Å²) in [5.74, 6) is -0.752. The summed E-state index contributed by atoms with van der Waals surface area (Å²) in [6.45, 7) is 0. The first-order valence-corrected chi connectivity index (χ1v) is 3.96. The van der Waals surface area contributed by atoms with Crippen LogP contribution in [0.25, 0.3) is 11.0 Å². The van der Waals surface area contributed by atoms with Gasteiger partial charge in [0.25, 0.3) is 5.76 Å². The largest absolute Gasteiger partial charge is 0.463 e. The maximum Gasteiger partial charge on any atom is 0.377 e. The van der Waals surface area contributed by atoms with Gasteiger partial charge in [0.05, 0.1) is 7.11 Å². The number of methoxy groups -OCH3 is 1. The van der Waals surface area contributed by atoms with Gasteiger partial charge in [0.15, 0.2) is 0 Å². The second-order valence-electron chi connectivity index (χ2n) is 2.37. The smallest absolute Gasteiger partial charge is 0.377 e. The van der Waals surface area contributed by atoms with Gasteiger partial charge < -0.3 is 9.26 Å². The van der Waals surface area contributed by atoms with Crippen LogP contribution < -0.4 is 0 Å². The standard InChI is InChI=1S/C7H4ClN3O3/c1-13-7(12)4-3-5(8)9-2-10-6(3)11-14-4/h2H,1H3. The lowest BCUT2D eigenvalue weighted by Gasteiger charge is -1.93. The molecule has 0 saturated carbocycles. The van der Waals surface area contributed by atoms with Crippen LogP contribution in [0.4, 0.5) is 0 Å². The van der Waals surface area contributed by atoms with E-state index in [1.807, 2.05) is 0 Å². The van der Waals surface area contributed by atoms with Gasteiger partial charge in [-0.3, -0.25) is 0 Å². The lowest BCUT2D eigenvalue weighted by Crippen LogP contribution is -2.00. The molecule has 0 atom stereocenters. The van der Waals surface area contributed by atoms with Crippen LogP contribution in [0.15, 0.2) is 10.9 Å². The lowest BCUT2D eigenvalue weighted by molar-refractivity contribution is 0.0558. The van der Waals surface area contributed by atoms with E-state index in [4.69, 9.17) is 16.1 Å². The maximum atomic E-state index is 11.2. The molecule has 2 aromatic heterocycles. The fraction of sp³-hybridized carbons (Fsp3) is 0.143. The molecule has 7 heteroatoms. The van der Waals surface area contributed by atoms with Crippen molar-refractivity contribution >= 4 is 28.6 Å². The number of nitrogens with zero attached hydrogens (tertiary/aromatic N) is 3. The highest BCUT2D eigenvalue weighted by Gasteiger charge is 2.20. The number of aromatic nitrogens is 3. The Labute approximate surface area is 82.8 Å². The summed E-state index contributed by atoms with van der Waals surface area (Å²) in [5, 5.41) is 3.91. The Hall–Kier alpha value is -1.69. The van der Waals surface area contributed by atoms with Crippen molar-refractivity contribution in [3.8, 4) is 0 Å². The number of halogens is 1. The number of hydrogen-bond donors (Lipinski definition) is 0. The molecule has 6 nitrogen and oxygen atoms in total. The summed E-state index contributed by atoms with van der Waals surface area (Å²) < 4.78 is 9.21. The van der Waals surface area contributed by atoms with Gasteiger partial charge >= 0.3 is 5.97 Å². The molecular weight excluding hydrogens is 210 g/mol. The van der Waals surface area contributed by atoms with E-state index in [0.717, 1.165) is 0 Å². The van der Waals surface area contributed by atoms with Crippen LogP contribution in [0, 0.1) is 0 Å². The second-order valence-corrected chi connectivity index (χ2v) is 2.72. The van der Waals surface area contributed by atoms with E-state index < -0.39 is 5.97 Å². The normalized spacial score (nSPS) is 10.4. The number of rotatable bonds is 1. The molecule has 0 aliphatic rings. The van der Waals surface area contributed by atoms with Crippen molar-refractivity contribution in [2.45, 2.75) is 0 Å². The predicted molar refractivity (Wildman–Crippen MR) is 45.9 cm³/mol. The minimum Gasteiger partial charge on any atom is -0.463 e. The van der Waals surface area contributed by atoms with Gasteiger partial charge in [0.2, 0.25) is 5.65 Å². The molecule has 2 rings (SSSR count). The SMILES string of the molecule is COC(=O)c1onc2ncnc(Cl)c12. The molecule has 2 aromatic rings. The fourth-order valence-electron chi connectivity index (χ4n) is 0.987. The average molecular weight is 214 g/mol. The first-order valence-electron chi connectivity index (χ1n) is 3.58. The summed E-state index contributed by atoms with van der Waals surface area (Å²) in [4.78, 5) is 18.6. The van der Waals surface area contributed by atoms with Gasteiger partial charge in [-0.2, -0.15) is 0 Å². The lowest BCUT2D eigenvalue weighted by atomic mass is 10.3. The van der Waals surface area contributed by atoms with Crippen molar-refractivity contribution in [1.82, 2.24) is 15.1 Å². The molecular formula is C7H4ClN3O3. The Kier molecular flexibility index (Phi) is 2.05. The number of hydrogen-bond acceptors (Lipinski definition) is 6. The molecule has 0 unspecified atom stereocenters. The van der Waals surface area contributed by atoms with Crippen LogP contribution in [0.1, 0.15) is 10.6 Å².